The highest BCUT2D eigenvalue weighted by Gasteiger charge is 2.29. The molecular weight excluding hydrogens is 292 g/mol. The van der Waals surface area contributed by atoms with Crippen molar-refractivity contribution >= 4 is 5.97 Å². The van der Waals surface area contributed by atoms with Crippen LogP contribution in [0.25, 0.3) is 0 Å². The van der Waals surface area contributed by atoms with Crippen LogP contribution >= 0.6 is 0 Å². The second-order valence-corrected chi connectivity index (χ2v) is 6.75. The summed E-state index contributed by atoms with van der Waals surface area (Å²) in [6, 6.07) is 6.96. The Bertz CT molecular complexity index is 499. The van der Waals surface area contributed by atoms with E-state index in [1.165, 1.54) is 12.8 Å². The quantitative estimate of drug-likeness (QED) is 0.812. The minimum atomic E-state index is -0.539. The topological polar surface area (TPSA) is 55.8 Å². The van der Waals surface area contributed by atoms with E-state index in [0.29, 0.717) is 6.42 Å². The number of aromatic hydroxyl groups is 1. The highest BCUT2D eigenvalue weighted by atomic mass is 16.6. The molecule has 0 bridgehead atoms. The number of benzene rings is 1. The Hall–Kier alpha value is -1.55. The lowest BCUT2D eigenvalue weighted by Gasteiger charge is -2.23. The zero-order valence-electron chi connectivity index (χ0n) is 13.6. The van der Waals surface area contributed by atoms with E-state index in [0.717, 1.165) is 44.1 Å². The van der Waals surface area contributed by atoms with Gasteiger partial charge in [0.05, 0.1) is 6.10 Å². The van der Waals surface area contributed by atoms with Gasteiger partial charge in [-0.3, -0.25) is 0 Å². The van der Waals surface area contributed by atoms with Crippen molar-refractivity contribution in [3.63, 3.8) is 0 Å². The SMILES string of the molecule is O=C(OC1CCCC1)C(Cc1ccc(O)cc1)OC1CCCC1. The van der Waals surface area contributed by atoms with E-state index < -0.39 is 6.10 Å². The molecule has 126 valence electrons. The molecule has 1 N–H and O–H groups in total. The second kappa shape index (κ2) is 7.82. The standard InChI is InChI=1S/C19H26O4/c20-15-11-9-14(10-12-15)13-18(22-16-5-1-2-6-16)19(21)23-17-7-3-4-8-17/h9-12,16-18,20H,1-8,13H2. The summed E-state index contributed by atoms with van der Waals surface area (Å²) < 4.78 is 11.7. The van der Waals surface area contributed by atoms with Crippen molar-refractivity contribution in [2.24, 2.45) is 0 Å². The minimum Gasteiger partial charge on any atom is -0.508 e. The normalized spacial score (nSPS) is 20.7. The maximum Gasteiger partial charge on any atom is 0.335 e. The van der Waals surface area contributed by atoms with Crippen LogP contribution in [0.1, 0.15) is 56.9 Å². The van der Waals surface area contributed by atoms with E-state index in [4.69, 9.17) is 9.47 Å². The van der Waals surface area contributed by atoms with Crippen molar-refractivity contribution in [3.8, 4) is 5.75 Å². The van der Waals surface area contributed by atoms with Gasteiger partial charge in [-0.25, -0.2) is 4.79 Å². The molecule has 2 fully saturated rings. The van der Waals surface area contributed by atoms with E-state index in [1.807, 2.05) is 12.1 Å². The third-order valence-corrected chi connectivity index (χ3v) is 4.86. The molecular formula is C19H26O4. The maximum atomic E-state index is 12.6. The fraction of sp³-hybridized carbons (Fsp3) is 0.632. The van der Waals surface area contributed by atoms with E-state index in [1.54, 1.807) is 12.1 Å². The van der Waals surface area contributed by atoms with Crippen molar-refractivity contribution in [1.29, 1.82) is 0 Å². The number of hydrogen-bond donors (Lipinski definition) is 1. The summed E-state index contributed by atoms with van der Waals surface area (Å²) in [4.78, 5) is 12.6. The summed E-state index contributed by atoms with van der Waals surface area (Å²) in [5.41, 5.74) is 0.981. The molecule has 3 rings (SSSR count). The van der Waals surface area contributed by atoms with Gasteiger partial charge in [-0.15, -0.1) is 0 Å². The van der Waals surface area contributed by atoms with Gasteiger partial charge in [0, 0.05) is 6.42 Å². The summed E-state index contributed by atoms with van der Waals surface area (Å²) in [6.45, 7) is 0. The van der Waals surface area contributed by atoms with Gasteiger partial charge in [-0.2, -0.15) is 0 Å². The Morgan fingerprint density at radius 1 is 1.00 bits per heavy atom. The Morgan fingerprint density at radius 3 is 2.17 bits per heavy atom. The molecule has 0 saturated heterocycles. The van der Waals surface area contributed by atoms with Crippen LogP contribution < -0.4 is 0 Å². The summed E-state index contributed by atoms with van der Waals surface area (Å²) in [5.74, 6) is 0.00687. The fourth-order valence-corrected chi connectivity index (χ4v) is 3.54. The lowest BCUT2D eigenvalue weighted by Crippen LogP contribution is -2.34. The highest BCUT2D eigenvalue weighted by Crippen LogP contribution is 2.26. The molecule has 0 aromatic heterocycles. The molecule has 1 unspecified atom stereocenters. The number of phenolic OH excluding ortho intramolecular Hbond substituents is 1. The lowest BCUT2D eigenvalue weighted by molar-refractivity contribution is -0.166. The molecule has 4 nitrogen and oxygen atoms in total. The van der Waals surface area contributed by atoms with E-state index in [9.17, 15) is 9.90 Å². The number of phenols is 1. The molecule has 2 aliphatic carbocycles. The average Bonchev–Trinajstić information content (AvgIpc) is 3.22. The molecule has 1 atom stereocenters. The van der Waals surface area contributed by atoms with Crippen molar-refractivity contribution < 1.29 is 19.4 Å². The first-order chi connectivity index (χ1) is 11.2. The zero-order chi connectivity index (χ0) is 16.1. The molecule has 0 amide bonds. The largest absolute Gasteiger partial charge is 0.508 e. The molecule has 0 radical (unpaired) electrons. The van der Waals surface area contributed by atoms with Crippen molar-refractivity contribution in [1.82, 2.24) is 0 Å². The number of rotatable bonds is 6. The van der Waals surface area contributed by atoms with Crippen molar-refractivity contribution in [2.75, 3.05) is 0 Å². The van der Waals surface area contributed by atoms with E-state index in [-0.39, 0.29) is 23.9 Å². The molecule has 0 aliphatic heterocycles. The predicted molar refractivity (Wildman–Crippen MR) is 87.3 cm³/mol. The lowest BCUT2D eigenvalue weighted by atomic mass is 10.1. The molecule has 1 aromatic carbocycles. The first-order valence-electron chi connectivity index (χ1n) is 8.84. The smallest absolute Gasteiger partial charge is 0.335 e. The molecule has 2 aliphatic rings. The van der Waals surface area contributed by atoms with Crippen molar-refractivity contribution in [2.45, 2.75) is 76.1 Å². The number of ether oxygens (including phenoxy) is 2. The van der Waals surface area contributed by atoms with Gasteiger partial charge in [-0.1, -0.05) is 25.0 Å². The van der Waals surface area contributed by atoms with Crippen LogP contribution in [0, 0.1) is 0 Å². The average molecular weight is 318 g/mol. The van der Waals surface area contributed by atoms with Crippen LogP contribution in [0.15, 0.2) is 24.3 Å². The Morgan fingerprint density at radius 2 is 1.57 bits per heavy atom. The van der Waals surface area contributed by atoms with Crippen molar-refractivity contribution in [3.05, 3.63) is 29.8 Å². The van der Waals surface area contributed by atoms with Gasteiger partial charge in [0.2, 0.25) is 0 Å². The first-order valence-corrected chi connectivity index (χ1v) is 8.84. The molecule has 2 saturated carbocycles. The summed E-state index contributed by atoms with van der Waals surface area (Å²) in [5, 5.41) is 9.40. The van der Waals surface area contributed by atoms with Crippen LogP contribution in [0.4, 0.5) is 0 Å². The number of carbonyl (C=O) groups is 1. The number of hydrogen-bond acceptors (Lipinski definition) is 4. The van der Waals surface area contributed by atoms with Crippen LogP contribution in [-0.4, -0.2) is 29.4 Å². The molecule has 1 aromatic rings. The van der Waals surface area contributed by atoms with Gasteiger partial charge in [0.15, 0.2) is 6.10 Å². The summed E-state index contributed by atoms with van der Waals surface area (Å²) in [7, 11) is 0. The summed E-state index contributed by atoms with van der Waals surface area (Å²) in [6.07, 6.45) is 8.85. The maximum absolute atomic E-state index is 12.6. The second-order valence-electron chi connectivity index (χ2n) is 6.75. The number of esters is 1. The molecule has 4 heteroatoms. The van der Waals surface area contributed by atoms with Crippen LogP contribution in [0.5, 0.6) is 5.75 Å². The minimum absolute atomic E-state index is 0.0667. The van der Waals surface area contributed by atoms with Gasteiger partial charge in [-0.05, 0) is 56.2 Å². The Kier molecular flexibility index (Phi) is 5.55. The monoisotopic (exact) mass is 318 g/mol. The third-order valence-electron chi connectivity index (χ3n) is 4.86. The Balaban J connectivity index is 1.63. The van der Waals surface area contributed by atoms with Crippen LogP contribution in [0.3, 0.4) is 0 Å². The zero-order valence-corrected chi connectivity index (χ0v) is 13.6. The molecule has 23 heavy (non-hydrogen) atoms. The molecule has 0 spiro atoms. The van der Waals surface area contributed by atoms with Gasteiger partial charge in [0.25, 0.3) is 0 Å². The van der Waals surface area contributed by atoms with Gasteiger partial charge < -0.3 is 14.6 Å². The summed E-state index contributed by atoms with van der Waals surface area (Å²) >= 11 is 0. The molecule has 0 heterocycles. The third kappa shape index (κ3) is 4.71. The number of carbonyl (C=O) groups excluding carboxylic acids is 1. The first kappa shape index (κ1) is 16.3. The van der Waals surface area contributed by atoms with Crippen LogP contribution in [0.2, 0.25) is 0 Å². The van der Waals surface area contributed by atoms with E-state index >= 15 is 0 Å². The predicted octanol–water partition coefficient (Wildman–Crippen LogP) is 3.75. The highest BCUT2D eigenvalue weighted by molar-refractivity contribution is 5.75. The fourth-order valence-electron chi connectivity index (χ4n) is 3.54. The van der Waals surface area contributed by atoms with Gasteiger partial charge >= 0.3 is 5.97 Å². The Labute approximate surface area is 137 Å². The van der Waals surface area contributed by atoms with Gasteiger partial charge in [0.1, 0.15) is 11.9 Å². The van der Waals surface area contributed by atoms with Crippen LogP contribution in [-0.2, 0) is 20.7 Å². The van der Waals surface area contributed by atoms with E-state index in [2.05, 4.69) is 0 Å².